The number of allylic oxidation sites excluding steroid dienone is 3. The number of rotatable bonds is 8. The summed E-state index contributed by atoms with van der Waals surface area (Å²) in [5.74, 6) is 0. The number of anilines is 5. The van der Waals surface area contributed by atoms with Crippen LogP contribution in [0.3, 0.4) is 0 Å². The van der Waals surface area contributed by atoms with Gasteiger partial charge in [0, 0.05) is 34.1 Å². The summed E-state index contributed by atoms with van der Waals surface area (Å²) in [6.07, 6.45) is 9.04. The summed E-state index contributed by atoms with van der Waals surface area (Å²) in [6, 6.07) is 77.7. The zero-order valence-corrected chi connectivity index (χ0v) is 33.2. The second-order valence-corrected chi connectivity index (χ2v) is 15.6. The molecule has 10 aromatic carbocycles. The van der Waals surface area contributed by atoms with Gasteiger partial charge in [0.25, 0.3) is 0 Å². The van der Waals surface area contributed by atoms with Gasteiger partial charge < -0.3 is 9.80 Å². The second-order valence-electron chi connectivity index (χ2n) is 15.6. The van der Waals surface area contributed by atoms with Crippen LogP contribution in [0.25, 0.3) is 65.3 Å². The summed E-state index contributed by atoms with van der Waals surface area (Å²) in [5.41, 5.74) is 11.7. The Morgan fingerprint density at radius 2 is 0.733 bits per heavy atom. The average Bonchev–Trinajstić information content (AvgIpc) is 3.32. The third-order valence-electron chi connectivity index (χ3n) is 12.0. The van der Waals surface area contributed by atoms with Crippen LogP contribution in [-0.4, -0.2) is 0 Å². The molecule has 0 radical (unpaired) electrons. The number of para-hydroxylation sites is 1. The Hall–Kier alpha value is -7.68. The molecule has 0 aliphatic heterocycles. The first-order valence-electron chi connectivity index (χ1n) is 20.9. The highest BCUT2D eigenvalue weighted by Gasteiger charge is 2.22. The van der Waals surface area contributed by atoms with Crippen LogP contribution >= 0.6 is 0 Å². The molecule has 1 aliphatic rings. The lowest BCUT2D eigenvalue weighted by atomic mass is 9.85. The van der Waals surface area contributed by atoms with E-state index in [0.717, 1.165) is 41.3 Å². The quantitative estimate of drug-likeness (QED) is 0.142. The van der Waals surface area contributed by atoms with E-state index in [-0.39, 0.29) is 0 Å². The Bertz CT molecular complexity index is 3260. The molecule has 0 aromatic heterocycles. The minimum atomic E-state index is 1.02. The number of hydrogen-bond donors (Lipinski definition) is 0. The molecular weight excluding hydrogens is 725 g/mol. The molecule has 2 nitrogen and oxygen atoms in total. The van der Waals surface area contributed by atoms with Crippen LogP contribution in [0.5, 0.6) is 0 Å². The van der Waals surface area contributed by atoms with Gasteiger partial charge in [-0.15, -0.1) is 0 Å². The van der Waals surface area contributed by atoms with E-state index in [1.54, 1.807) is 0 Å². The smallest absolute Gasteiger partial charge is 0.0468 e. The van der Waals surface area contributed by atoms with Crippen molar-refractivity contribution in [1.82, 2.24) is 0 Å². The summed E-state index contributed by atoms with van der Waals surface area (Å²) in [7, 11) is 0. The lowest BCUT2D eigenvalue weighted by Gasteiger charge is -2.29. The van der Waals surface area contributed by atoms with Gasteiger partial charge in [0.2, 0.25) is 0 Å². The fourth-order valence-corrected chi connectivity index (χ4v) is 9.18. The standard InChI is InChI=1S/C58H42N2/c1-5-19-43(20-6-1)57-53-35-33-52(60(48-27-11-4-12-28-48)50-32-30-42-18-14-16-24-46(42)38-50)40-56(53)58(44-21-7-2-8-22-44)54-36-34-51(39-55(54)57)59(47-25-9-3-10-26-47)49-31-29-41-17-13-15-23-45(41)37-49/h1-3,5-11,13-40H,4,12H2. The third-order valence-corrected chi connectivity index (χ3v) is 12.0. The second kappa shape index (κ2) is 15.2. The van der Waals surface area contributed by atoms with Crippen LogP contribution in [-0.2, 0) is 0 Å². The maximum atomic E-state index is 2.44. The Labute approximate surface area is 351 Å². The van der Waals surface area contributed by atoms with Crippen molar-refractivity contribution >= 4 is 71.5 Å². The third kappa shape index (κ3) is 6.40. The Morgan fingerprint density at radius 3 is 1.25 bits per heavy atom. The van der Waals surface area contributed by atoms with E-state index < -0.39 is 0 Å². The van der Waals surface area contributed by atoms with E-state index in [9.17, 15) is 0 Å². The van der Waals surface area contributed by atoms with E-state index in [0.29, 0.717) is 0 Å². The molecule has 60 heavy (non-hydrogen) atoms. The number of nitrogens with zero attached hydrogens (tertiary/aromatic N) is 2. The first-order chi connectivity index (χ1) is 29.8. The predicted molar refractivity (Wildman–Crippen MR) is 257 cm³/mol. The van der Waals surface area contributed by atoms with Gasteiger partial charge in [-0.05, 0) is 145 Å². The lowest BCUT2D eigenvalue weighted by molar-refractivity contribution is 0.998. The highest BCUT2D eigenvalue weighted by molar-refractivity contribution is 6.22. The predicted octanol–water partition coefficient (Wildman–Crippen LogP) is 16.5. The van der Waals surface area contributed by atoms with Crippen LogP contribution in [0, 0.1) is 0 Å². The molecule has 0 unspecified atom stereocenters. The van der Waals surface area contributed by atoms with Gasteiger partial charge in [0.15, 0.2) is 0 Å². The first-order valence-corrected chi connectivity index (χ1v) is 20.9. The summed E-state index contributed by atoms with van der Waals surface area (Å²) in [4.78, 5) is 4.83. The molecule has 0 N–H and O–H groups in total. The molecule has 0 saturated carbocycles. The minimum absolute atomic E-state index is 1.02. The summed E-state index contributed by atoms with van der Waals surface area (Å²) in [6.45, 7) is 0. The van der Waals surface area contributed by atoms with Gasteiger partial charge in [-0.2, -0.15) is 0 Å². The summed E-state index contributed by atoms with van der Waals surface area (Å²) < 4.78 is 0. The Morgan fingerprint density at radius 1 is 0.300 bits per heavy atom. The van der Waals surface area contributed by atoms with Crippen LogP contribution in [0.1, 0.15) is 12.8 Å². The number of fused-ring (bicyclic) bond motifs is 4. The van der Waals surface area contributed by atoms with Gasteiger partial charge in [0.1, 0.15) is 0 Å². The van der Waals surface area contributed by atoms with E-state index in [1.807, 2.05) is 0 Å². The fourth-order valence-electron chi connectivity index (χ4n) is 9.18. The van der Waals surface area contributed by atoms with E-state index in [4.69, 9.17) is 0 Å². The van der Waals surface area contributed by atoms with Gasteiger partial charge in [-0.25, -0.2) is 0 Å². The first kappa shape index (κ1) is 35.5. The molecule has 0 spiro atoms. The van der Waals surface area contributed by atoms with Gasteiger partial charge in [-0.3, -0.25) is 0 Å². The fraction of sp³-hybridized carbons (Fsp3) is 0.0345. The van der Waals surface area contributed by atoms with Crippen LogP contribution < -0.4 is 9.80 Å². The molecular formula is C58H42N2. The van der Waals surface area contributed by atoms with E-state index in [1.165, 1.54) is 71.0 Å². The van der Waals surface area contributed by atoms with Gasteiger partial charge in [-0.1, -0.05) is 164 Å². The molecule has 10 aromatic rings. The van der Waals surface area contributed by atoms with Crippen molar-refractivity contribution in [1.29, 1.82) is 0 Å². The lowest BCUT2D eigenvalue weighted by Crippen LogP contribution is -2.16. The molecule has 0 bridgehead atoms. The van der Waals surface area contributed by atoms with Crippen LogP contribution in [0.4, 0.5) is 28.4 Å². The maximum Gasteiger partial charge on any atom is 0.0468 e. The number of benzene rings is 10. The van der Waals surface area contributed by atoms with Crippen LogP contribution in [0.2, 0.25) is 0 Å². The molecule has 0 amide bonds. The van der Waals surface area contributed by atoms with Gasteiger partial charge in [0.05, 0.1) is 0 Å². The van der Waals surface area contributed by atoms with Crippen molar-refractivity contribution in [2.75, 3.05) is 9.80 Å². The van der Waals surface area contributed by atoms with E-state index in [2.05, 4.69) is 240 Å². The van der Waals surface area contributed by atoms with Crippen LogP contribution in [0.15, 0.2) is 236 Å². The zero-order chi connectivity index (χ0) is 39.8. The van der Waals surface area contributed by atoms with E-state index >= 15 is 0 Å². The van der Waals surface area contributed by atoms with Crippen molar-refractivity contribution < 1.29 is 0 Å². The average molecular weight is 767 g/mol. The monoisotopic (exact) mass is 766 g/mol. The topological polar surface area (TPSA) is 6.48 Å². The Kier molecular flexibility index (Phi) is 9.02. The largest absolute Gasteiger partial charge is 0.311 e. The SMILES string of the molecule is C1=CC(N(c2ccc3ccccc3c2)c2ccc3c(-c4ccccc4)c4cc(N(c5ccccc5)c5ccc6ccccc6c5)ccc4c(-c4ccccc4)c3c2)=CCC1. The number of hydrogen-bond acceptors (Lipinski definition) is 2. The molecule has 284 valence electrons. The highest BCUT2D eigenvalue weighted by atomic mass is 15.1. The molecule has 0 atom stereocenters. The van der Waals surface area contributed by atoms with Crippen molar-refractivity contribution in [3.8, 4) is 22.3 Å². The molecule has 1 aliphatic carbocycles. The highest BCUT2D eigenvalue weighted by Crippen LogP contribution is 2.48. The Balaban J connectivity index is 1.20. The van der Waals surface area contributed by atoms with Crippen molar-refractivity contribution in [3.05, 3.63) is 236 Å². The minimum Gasteiger partial charge on any atom is -0.311 e. The normalized spacial score (nSPS) is 12.6. The maximum absolute atomic E-state index is 2.44. The van der Waals surface area contributed by atoms with Crippen molar-refractivity contribution in [2.45, 2.75) is 12.8 Å². The molecule has 11 rings (SSSR count). The van der Waals surface area contributed by atoms with Gasteiger partial charge >= 0.3 is 0 Å². The molecule has 0 fully saturated rings. The molecule has 2 heteroatoms. The summed E-state index contributed by atoms with van der Waals surface area (Å²) in [5, 5.41) is 9.78. The molecule has 0 heterocycles. The van der Waals surface area contributed by atoms with Crippen molar-refractivity contribution in [3.63, 3.8) is 0 Å². The summed E-state index contributed by atoms with van der Waals surface area (Å²) >= 11 is 0. The molecule has 0 saturated heterocycles. The zero-order valence-electron chi connectivity index (χ0n) is 33.2. The van der Waals surface area contributed by atoms with Crippen molar-refractivity contribution in [2.24, 2.45) is 0 Å².